The molecular weight excluding hydrogens is 621 g/mol. The van der Waals surface area contributed by atoms with E-state index in [1.165, 1.54) is 161 Å². The van der Waals surface area contributed by atoms with Crippen LogP contribution in [-0.4, -0.2) is 39.6 Å². The first-order chi connectivity index (χ1) is 23.3. The Kier molecular flexibility index (Phi) is 35.5. The molecule has 0 heterocycles. The normalized spacial score (nSPS) is 13.4. The summed E-state index contributed by atoms with van der Waals surface area (Å²) in [7, 11) is -4.70. The molecule has 8 heteroatoms. The molecule has 7 nitrogen and oxygen atoms in total. The first-order valence-corrected chi connectivity index (χ1v) is 22.2. The van der Waals surface area contributed by atoms with Crippen LogP contribution in [0.4, 0.5) is 0 Å². The van der Waals surface area contributed by atoms with E-state index in [1.807, 2.05) is 6.08 Å². The van der Waals surface area contributed by atoms with Crippen molar-refractivity contribution in [1.82, 2.24) is 5.32 Å². The Morgan fingerprint density at radius 1 is 0.583 bits per heavy atom. The second-order valence-corrected chi connectivity index (χ2v) is 15.6. The number of allylic oxidation sites excluding steroid dienone is 1. The molecule has 0 fully saturated rings. The Morgan fingerprint density at radius 2 is 0.917 bits per heavy atom. The van der Waals surface area contributed by atoms with Crippen molar-refractivity contribution < 1.29 is 28.8 Å². The van der Waals surface area contributed by atoms with Crippen molar-refractivity contribution in [1.29, 1.82) is 0 Å². The summed E-state index contributed by atoms with van der Waals surface area (Å²) in [5.41, 5.74) is 0. The Bertz CT molecular complexity index is 758. The molecule has 0 aliphatic carbocycles. The van der Waals surface area contributed by atoms with Gasteiger partial charge in [-0.15, -0.1) is 0 Å². The third-order valence-corrected chi connectivity index (χ3v) is 9.98. The van der Waals surface area contributed by atoms with Gasteiger partial charge < -0.3 is 20.2 Å². The summed E-state index contributed by atoms with van der Waals surface area (Å²) in [5, 5.41) is 13.3. The third kappa shape index (κ3) is 36.6. The van der Waals surface area contributed by atoms with Crippen molar-refractivity contribution in [2.45, 2.75) is 231 Å². The van der Waals surface area contributed by atoms with Crippen molar-refractivity contribution in [2.24, 2.45) is 0 Å². The highest BCUT2D eigenvalue weighted by atomic mass is 31.2. The summed E-state index contributed by atoms with van der Waals surface area (Å²) in [4.78, 5) is 30.7. The number of aliphatic hydroxyl groups is 1. The molecule has 4 N–H and O–H groups in total. The van der Waals surface area contributed by atoms with Crippen LogP contribution in [0.25, 0.3) is 0 Å². The Labute approximate surface area is 297 Å². The van der Waals surface area contributed by atoms with Gasteiger partial charge in [0.1, 0.15) is 0 Å². The van der Waals surface area contributed by atoms with Crippen LogP contribution < -0.4 is 5.32 Å². The summed E-state index contributed by atoms with van der Waals surface area (Å²) in [6, 6.07) is -0.903. The van der Waals surface area contributed by atoms with Crippen LogP contribution in [0, 0.1) is 0 Å². The maximum atomic E-state index is 12.5. The van der Waals surface area contributed by atoms with E-state index in [4.69, 9.17) is 9.79 Å². The lowest BCUT2D eigenvalue weighted by Crippen LogP contribution is -2.45. The summed E-state index contributed by atoms with van der Waals surface area (Å²) in [5.74, 6) is -0.225. The minimum Gasteiger partial charge on any atom is -0.387 e. The fourth-order valence-electron chi connectivity index (χ4n) is 6.34. The van der Waals surface area contributed by atoms with Crippen molar-refractivity contribution in [3.05, 3.63) is 12.2 Å². The number of phosphoric acid groups is 1. The first-order valence-electron chi connectivity index (χ1n) is 20.6. The summed E-state index contributed by atoms with van der Waals surface area (Å²) < 4.78 is 15.8. The highest BCUT2D eigenvalue weighted by Crippen LogP contribution is 2.35. The number of hydrogen-bond acceptors (Lipinski definition) is 4. The van der Waals surface area contributed by atoms with Gasteiger partial charge in [0.25, 0.3) is 0 Å². The molecule has 0 aromatic rings. The zero-order valence-corrected chi connectivity index (χ0v) is 32.6. The highest BCUT2D eigenvalue weighted by Gasteiger charge is 2.24. The molecule has 286 valence electrons. The predicted octanol–water partition coefficient (Wildman–Crippen LogP) is 12.0. The molecule has 0 rings (SSSR count). The lowest BCUT2D eigenvalue weighted by atomic mass is 10.0. The number of nitrogens with one attached hydrogen (secondary N) is 1. The Morgan fingerprint density at radius 3 is 1.27 bits per heavy atom. The molecule has 0 aliphatic rings. The van der Waals surface area contributed by atoms with Crippen molar-refractivity contribution >= 4 is 13.7 Å². The molecule has 2 atom stereocenters. The first kappa shape index (κ1) is 47.3. The second kappa shape index (κ2) is 36.1. The minimum absolute atomic E-state index is 0.225. The van der Waals surface area contributed by atoms with Gasteiger partial charge in [0.2, 0.25) is 5.91 Å². The van der Waals surface area contributed by atoms with E-state index in [1.54, 1.807) is 6.08 Å². The fourth-order valence-corrected chi connectivity index (χ4v) is 6.70. The van der Waals surface area contributed by atoms with E-state index in [0.29, 0.717) is 6.42 Å². The molecule has 0 saturated carbocycles. The number of carbonyl (C=O) groups is 1. The van der Waals surface area contributed by atoms with Gasteiger partial charge in [-0.05, 0) is 19.3 Å². The van der Waals surface area contributed by atoms with Gasteiger partial charge in [0.15, 0.2) is 0 Å². The standard InChI is InChI=1S/C40H80NO6P/c1-3-5-7-9-11-13-14-15-16-17-18-19-20-21-22-23-24-25-26-28-30-32-34-36-40(43)41-38(37-47-48(44,45)46)39(42)35-33-31-29-27-12-10-8-6-4-2/h33,35,38-39,42H,3-32,34,36-37H2,1-2H3,(H,41,43)(H2,44,45,46)/b35-33+/t38-,39+/m0/s1. The van der Waals surface area contributed by atoms with Crippen LogP contribution in [0.3, 0.4) is 0 Å². The summed E-state index contributed by atoms with van der Waals surface area (Å²) in [6.45, 7) is 4.05. The average molecular weight is 702 g/mol. The number of hydrogen-bond donors (Lipinski definition) is 4. The van der Waals surface area contributed by atoms with E-state index in [9.17, 15) is 14.5 Å². The van der Waals surface area contributed by atoms with E-state index in [-0.39, 0.29) is 5.91 Å². The van der Waals surface area contributed by atoms with Crippen LogP contribution in [0.1, 0.15) is 219 Å². The maximum Gasteiger partial charge on any atom is 0.469 e. The number of carbonyl (C=O) groups excluding carboxylic acids is 1. The van der Waals surface area contributed by atoms with Crippen LogP contribution in [0.15, 0.2) is 12.2 Å². The molecule has 0 saturated heterocycles. The molecule has 1 amide bonds. The molecule has 0 aromatic carbocycles. The van der Waals surface area contributed by atoms with Crippen molar-refractivity contribution in [2.75, 3.05) is 6.61 Å². The monoisotopic (exact) mass is 702 g/mol. The minimum atomic E-state index is -4.70. The lowest BCUT2D eigenvalue weighted by Gasteiger charge is -2.22. The van der Waals surface area contributed by atoms with Gasteiger partial charge >= 0.3 is 7.82 Å². The van der Waals surface area contributed by atoms with Gasteiger partial charge in [-0.2, -0.15) is 0 Å². The molecule has 0 spiro atoms. The quantitative estimate of drug-likeness (QED) is 0.0289. The number of amides is 1. The van der Waals surface area contributed by atoms with Crippen LogP contribution in [0.2, 0.25) is 0 Å². The van der Waals surface area contributed by atoms with Crippen LogP contribution in [-0.2, 0) is 13.9 Å². The molecule has 0 radical (unpaired) electrons. The molecule has 0 unspecified atom stereocenters. The van der Waals surface area contributed by atoms with Gasteiger partial charge in [-0.25, -0.2) is 4.57 Å². The van der Waals surface area contributed by atoms with Gasteiger partial charge in [0.05, 0.1) is 18.8 Å². The van der Waals surface area contributed by atoms with E-state index in [0.717, 1.165) is 38.5 Å². The largest absolute Gasteiger partial charge is 0.469 e. The van der Waals surface area contributed by atoms with Gasteiger partial charge in [0, 0.05) is 6.42 Å². The number of unbranched alkanes of at least 4 members (excludes halogenated alkanes) is 29. The lowest BCUT2D eigenvalue weighted by molar-refractivity contribution is -0.123. The predicted molar refractivity (Wildman–Crippen MR) is 204 cm³/mol. The molecular formula is C40H80NO6P. The number of rotatable bonds is 38. The van der Waals surface area contributed by atoms with E-state index >= 15 is 0 Å². The van der Waals surface area contributed by atoms with Crippen molar-refractivity contribution in [3.8, 4) is 0 Å². The molecule has 0 aromatic heterocycles. The number of phosphoric ester groups is 1. The average Bonchev–Trinajstić information content (AvgIpc) is 3.05. The van der Waals surface area contributed by atoms with Crippen molar-refractivity contribution in [3.63, 3.8) is 0 Å². The zero-order valence-electron chi connectivity index (χ0n) is 31.7. The summed E-state index contributed by atoms with van der Waals surface area (Å²) >= 11 is 0. The van der Waals surface area contributed by atoms with E-state index in [2.05, 4.69) is 23.7 Å². The Balaban J connectivity index is 3.78. The van der Waals surface area contributed by atoms with Crippen LogP contribution >= 0.6 is 7.82 Å². The maximum absolute atomic E-state index is 12.5. The van der Waals surface area contributed by atoms with E-state index < -0.39 is 26.6 Å². The molecule has 48 heavy (non-hydrogen) atoms. The SMILES string of the molecule is CCCCCCCCC/C=C/[C@@H](O)[C@H](COP(=O)(O)O)NC(=O)CCCCCCCCCCCCCCCCCCCCCCCCC. The molecule has 0 bridgehead atoms. The molecule has 0 aliphatic heterocycles. The zero-order chi connectivity index (χ0) is 35.4. The highest BCUT2D eigenvalue weighted by molar-refractivity contribution is 7.46. The third-order valence-electron chi connectivity index (χ3n) is 9.50. The van der Waals surface area contributed by atoms with Crippen LogP contribution in [0.5, 0.6) is 0 Å². The smallest absolute Gasteiger partial charge is 0.387 e. The Hall–Kier alpha value is -0.720. The fraction of sp³-hybridized carbons (Fsp3) is 0.925. The topological polar surface area (TPSA) is 116 Å². The van der Waals surface area contributed by atoms with Gasteiger partial charge in [-0.1, -0.05) is 206 Å². The number of aliphatic hydroxyl groups excluding tert-OH is 1. The van der Waals surface area contributed by atoms with Gasteiger partial charge in [-0.3, -0.25) is 9.32 Å². The second-order valence-electron chi connectivity index (χ2n) is 14.3. The summed E-state index contributed by atoms with van der Waals surface area (Å²) in [6.07, 6.45) is 42.5.